The largest absolute Gasteiger partial charge is 0.489 e. The number of nitrogens with one attached hydrogen (secondary N) is 1. The molecular formula is C19H23Cl2NO. The highest BCUT2D eigenvalue weighted by Crippen LogP contribution is 2.23. The maximum atomic E-state index is 6.02. The first kappa shape index (κ1) is 18.1. The molecule has 2 aromatic rings. The van der Waals surface area contributed by atoms with Crippen LogP contribution in [0.3, 0.4) is 0 Å². The van der Waals surface area contributed by atoms with E-state index >= 15 is 0 Å². The molecule has 0 unspecified atom stereocenters. The molecule has 0 heterocycles. The fourth-order valence-corrected chi connectivity index (χ4v) is 2.59. The predicted octanol–water partition coefficient (Wildman–Crippen LogP) is 5.85. The second-order valence-corrected chi connectivity index (χ2v) is 6.38. The van der Waals surface area contributed by atoms with Gasteiger partial charge in [0.25, 0.3) is 0 Å². The van der Waals surface area contributed by atoms with Crippen molar-refractivity contribution in [2.24, 2.45) is 0 Å². The Labute approximate surface area is 148 Å². The standard InChI is InChI=1S/C19H23Cl2NO/c1-2-3-4-10-22-13-15-6-5-7-17(11-15)23-14-16-8-9-18(20)19(21)12-16/h5-9,11-12,22H,2-4,10,13-14H2,1H3. The van der Waals surface area contributed by atoms with Crippen LogP contribution in [0.5, 0.6) is 5.75 Å². The minimum atomic E-state index is 0.476. The van der Waals surface area contributed by atoms with Crippen molar-refractivity contribution in [3.05, 3.63) is 63.6 Å². The van der Waals surface area contributed by atoms with Crippen LogP contribution in [0, 0.1) is 0 Å². The lowest BCUT2D eigenvalue weighted by molar-refractivity contribution is 0.306. The Morgan fingerprint density at radius 2 is 1.83 bits per heavy atom. The Kier molecular flexibility index (Phi) is 7.73. The van der Waals surface area contributed by atoms with Crippen molar-refractivity contribution in [2.45, 2.75) is 39.3 Å². The number of halogens is 2. The van der Waals surface area contributed by atoms with Crippen LogP contribution in [0.4, 0.5) is 0 Å². The zero-order chi connectivity index (χ0) is 16.5. The normalized spacial score (nSPS) is 10.7. The van der Waals surface area contributed by atoms with Crippen LogP contribution < -0.4 is 10.1 Å². The summed E-state index contributed by atoms with van der Waals surface area (Å²) in [5, 5.41) is 4.58. The first-order valence-electron chi connectivity index (χ1n) is 8.05. The van der Waals surface area contributed by atoms with Crippen molar-refractivity contribution in [1.82, 2.24) is 5.32 Å². The molecular weight excluding hydrogens is 329 g/mol. The van der Waals surface area contributed by atoms with Crippen LogP contribution in [0.25, 0.3) is 0 Å². The van der Waals surface area contributed by atoms with E-state index in [1.165, 1.54) is 24.8 Å². The molecule has 0 saturated heterocycles. The minimum Gasteiger partial charge on any atom is -0.489 e. The van der Waals surface area contributed by atoms with Gasteiger partial charge in [-0.3, -0.25) is 0 Å². The molecule has 0 saturated carbocycles. The Balaban J connectivity index is 1.83. The summed E-state index contributed by atoms with van der Waals surface area (Å²) in [5.74, 6) is 0.865. The molecule has 0 radical (unpaired) electrons. The van der Waals surface area contributed by atoms with Gasteiger partial charge < -0.3 is 10.1 Å². The average Bonchev–Trinajstić information content (AvgIpc) is 2.56. The summed E-state index contributed by atoms with van der Waals surface area (Å²) in [5.41, 5.74) is 2.23. The van der Waals surface area contributed by atoms with E-state index < -0.39 is 0 Å². The van der Waals surface area contributed by atoms with E-state index in [4.69, 9.17) is 27.9 Å². The number of unbranched alkanes of at least 4 members (excludes halogenated alkanes) is 2. The number of hydrogen-bond donors (Lipinski definition) is 1. The molecule has 0 fully saturated rings. The highest BCUT2D eigenvalue weighted by atomic mass is 35.5. The van der Waals surface area contributed by atoms with Gasteiger partial charge in [0.05, 0.1) is 10.0 Å². The molecule has 0 amide bonds. The fraction of sp³-hybridized carbons (Fsp3) is 0.368. The van der Waals surface area contributed by atoms with Gasteiger partial charge in [-0.15, -0.1) is 0 Å². The van der Waals surface area contributed by atoms with Crippen LogP contribution in [0.1, 0.15) is 37.3 Å². The van der Waals surface area contributed by atoms with Gasteiger partial charge >= 0.3 is 0 Å². The number of benzene rings is 2. The number of rotatable bonds is 9. The summed E-state index contributed by atoms with van der Waals surface area (Å²) in [6.07, 6.45) is 3.75. The average molecular weight is 352 g/mol. The summed E-state index contributed by atoms with van der Waals surface area (Å²) in [4.78, 5) is 0. The molecule has 0 aliphatic rings. The van der Waals surface area contributed by atoms with E-state index in [1.807, 2.05) is 24.3 Å². The summed E-state index contributed by atoms with van der Waals surface area (Å²) in [6, 6.07) is 13.7. The highest BCUT2D eigenvalue weighted by Gasteiger charge is 2.02. The van der Waals surface area contributed by atoms with Crippen LogP contribution >= 0.6 is 23.2 Å². The highest BCUT2D eigenvalue weighted by molar-refractivity contribution is 6.42. The third-order valence-corrected chi connectivity index (χ3v) is 4.31. The van der Waals surface area contributed by atoms with Crippen molar-refractivity contribution in [3.8, 4) is 5.75 Å². The molecule has 0 atom stereocenters. The summed E-state index contributed by atoms with van der Waals surface area (Å²) < 4.78 is 5.84. The maximum Gasteiger partial charge on any atom is 0.120 e. The molecule has 0 aliphatic carbocycles. The van der Waals surface area contributed by atoms with E-state index in [0.29, 0.717) is 16.7 Å². The Bertz CT molecular complexity index is 616. The van der Waals surface area contributed by atoms with E-state index in [-0.39, 0.29) is 0 Å². The Morgan fingerprint density at radius 1 is 0.957 bits per heavy atom. The van der Waals surface area contributed by atoms with Crippen molar-refractivity contribution < 1.29 is 4.74 Å². The van der Waals surface area contributed by atoms with Crippen LogP contribution in [0.15, 0.2) is 42.5 Å². The molecule has 23 heavy (non-hydrogen) atoms. The smallest absolute Gasteiger partial charge is 0.120 e. The van der Waals surface area contributed by atoms with Gasteiger partial charge in [-0.25, -0.2) is 0 Å². The quantitative estimate of drug-likeness (QED) is 0.572. The second-order valence-electron chi connectivity index (χ2n) is 5.57. The lowest BCUT2D eigenvalue weighted by Gasteiger charge is -2.09. The van der Waals surface area contributed by atoms with Gasteiger partial charge in [-0.2, -0.15) is 0 Å². The molecule has 0 aliphatic heterocycles. The number of ether oxygens (including phenoxy) is 1. The minimum absolute atomic E-state index is 0.476. The summed E-state index contributed by atoms with van der Waals surface area (Å²) in [6.45, 7) is 4.62. The van der Waals surface area contributed by atoms with Gasteiger partial charge in [0.2, 0.25) is 0 Å². The zero-order valence-electron chi connectivity index (χ0n) is 13.4. The molecule has 2 rings (SSSR count). The molecule has 4 heteroatoms. The van der Waals surface area contributed by atoms with Gasteiger partial charge in [-0.05, 0) is 48.4 Å². The van der Waals surface area contributed by atoms with Crippen molar-refractivity contribution in [1.29, 1.82) is 0 Å². The van der Waals surface area contributed by atoms with Gasteiger partial charge in [0, 0.05) is 6.54 Å². The van der Waals surface area contributed by atoms with E-state index in [1.54, 1.807) is 6.07 Å². The predicted molar refractivity (Wildman–Crippen MR) is 98.5 cm³/mol. The molecule has 0 spiro atoms. The zero-order valence-corrected chi connectivity index (χ0v) is 15.0. The molecule has 124 valence electrons. The van der Waals surface area contributed by atoms with Crippen LogP contribution in [-0.2, 0) is 13.2 Å². The molecule has 0 aromatic heterocycles. The second kappa shape index (κ2) is 9.82. The summed E-state index contributed by atoms with van der Waals surface area (Å²) in [7, 11) is 0. The topological polar surface area (TPSA) is 21.3 Å². The summed E-state index contributed by atoms with van der Waals surface area (Å²) >= 11 is 11.9. The van der Waals surface area contributed by atoms with E-state index in [9.17, 15) is 0 Å². The molecule has 0 bridgehead atoms. The third-order valence-electron chi connectivity index (χ3n) is 3.57. The third kappa shape index (κ3) is 6.42. The molecule has 2 nitrogen and oxygen atoms in total. The monoisotopic (exact) mass is 351 g/mol. The molecule has 1 N–H and O–H groups in total. The SMILES string of the molecule is CCCCCNCc1cccc(OCc2ccc(Cl)c(Cl)c2)c1. The van der Waals surface area contributed by atoms with Crippen molar-refractivity contribution >= 4 is 23.2 Å². The lowest BCUT2D eigenvalue weighted by atomic mass is 10.2. The van der Waals surface area contributed by atoms with E-state index in [0.717, 1.165) is 24.4 Å². The van der Waals surface area contributed by atoms with Crippen molar-refractivity contribution in [2.75, 3.05) is 6.54 Å². The van der Waals surface area contributed by atoms with Crippen molar-refractivity contribution in [3.63, 3.8) is 0 Å². The van der Waals surface area contributed by atoms with E-state index in [2.05, 4.69) is 24.4 Å². The first-order chi connectivity index (χ1) is 11.2. The Morgan fingerprint density at radius 3 is 2.61 bits per heavy atom. The van der Waals surface area contributed by atoms with Gasteiger partial charge in [0.15, 0.2) is 0 Å². The van der Waals surface area contributed by atoms with Crippen LogP contribution in [-0.4, -0.2) is 6.54 Å². The fourth-order valence-electron chi connectivity index (χ4n) is 2.27. The maximum absolute atomic E-state index is 6.02. The lowest BCUT2D eigenvalue weighted by Crippen LogP contribution is -2.14. The van der Waals surface area contributed by atoms with Crippen LogP contribution in [0.2, 0.25) is 10.0 Å². The molecule has 2 aromatic carbocycles. The first-order valence-corrected chi connectivity index (χ1v) is 8.81. The number of hydrogen-bond acceptors (Lipinski definition) is 2. The Hall–Kier alpha value is -1.22. The van der Waals surface area contributed by atoms with Gasteiger partial charge in [0.1, 0.15) is 12.4 Å². The van der Waals surface area contributed by atoms with Gasteiger partial charge in [-0.1, -0.05) is 61.2 Å².